The summed E-state index contributed by atoms with van der Waals surface area (Å²) in [6.45, 7) is 4.04. The lowest BCUT2D eigenvalue weighted by Gasteiger charge is -2.06. The quantitative estimate of drug-likeness (QED) is 0.655. The van der Waals surface area contributed by atoms with Gasteiger partial charge in [-0.3, -0.25) is 0 Å². The number of imidazole rings is 1. The van der Waals surface area contributed by atoms with E-state index in [9.17, 15) is 4.39 Å². The molecule has 0 saturated heterocycles. The van der Waals surface area contributed by atoms with Crippen molar-refractivity contribution < 1.29 is 13.9 Å². The van der Waals surface area contributed by atoms with Crippen LogP contribution in [0.1, 0.15) is 5.56 Å². The van der Waals surface area contributed by atoms with Gasteiger partial charge in [0.2, 0.25) is 0 Å². The largest absolute Gasteiger partial charge is 0.382 e. The molecule has 0 unspecified atom stereocenters. The molecule has 104 valence electrons. The topological polar surface area (TPSA) is 39.2 Å². The number of aromatic nitrogens is 2. The highest BCUT2D eigenvalue weighted by Gasteiger charge is 2.07. The fraction of sp³-hybridized carbons (Fsp3) is 0.462. The third-order valence-corrected chi connectivity index (χ3v) is 3.27. The van der Waals surface area contributed by atoms with E-state index < -0.39 is 0 Å². The average Bonchev–Trinajstić information content (AvgIpc) is 2.66. The van der Waals surface area contributed by atoms with Gasteiger partial charge >= 0.3 is 0 Å². The minimum Gasteiger partial charge on any atom is -0.382 e. The molecule has 2 aromatic rings. The second kappa shape index (κ2) is 6.27. The van der Waals surface area contributed by atoms with Gasteiger partial charge in [0.05, 0.1) is 30.9 Å². The molecule has 4 nitrogen and oxygen atoms in total. The van der Waals surface area contributed by atoms with Gasteiger partial charge in [0.1, 0.15) is 5.82 Å². The van der Waals surface area contributed by atoms with Crippen molar-refractivity contribution >= 4 is 23.3 Å². The molecule has 0 aliphatic carbocycles. The highest BCUT2D eigenvalue weighted by Crippen LogP contribution is 2.18. The van der Waals surface area contributed by atoms with Crippen molar-refractivity contribution in [3.05, 3.63) is 28.3 Å². The zero-order valence-electron chi connectivity index (χ0n) is 11.0. The molecule has 1 N–H and O–H groups in total. The number of hydrogen-bond donors (Lipinski definition) is 1. The molecule has 0 atom stereocenters. The van der Waals surface area contributed by atoms with E-state index in [1.807, 2.05) is 4.57 Å². The van der Waals surface area contributed by atoms with Crippen LogP contribution in [0.5, 0.6) is 0 Å². The van der Waals surface area contributed by atoms with Gasteiger partial charge in [-0.25, -0.2) is 4.39 Å². The number of nitrogens with one attached hydrogen (secondary N) is 1. The van der Waals surface area contributed by atoms with Crippen LogP contribution in [-0.4, -0.2) is 36.5 Å². The summed E-state index contributed by atoms with van der Waals surface area (Å²) in [6.07, 6.45) is 0. The maximum atomic E-state index is 13.5. The summed E-state index contributed by atoms with van der Waals surface area (Å²) < 4.78 is 26.3. The lowest BCUT2D eigenvalue weighted by atomic mass is 10.2. The zero-order chi connectivity index (χ0) is 13.8. The Labute approximate surface area is 116 Å². The first-order chi connectivity index (χ1) is 9.13. The summed E-state index contributed by atoms with van der Waals surface area (Å²) in [5, 5.41) is 0. The summed E-state index contributed by atoms with van der Waals surface area (Å²) in [6, 6.07) is 3.27. The van der Waals surface area contributed by atoms with Crippen LogP contribution in [0, 0.1) is 17.5 Å². The van der Waals surface area contributed by atoms with Gasteiger partial charge < -0.3 is 19.0 Å². The highest BCUT2D eigenvalue weighted by molar-refractivity contribution is 7.71. The van der Waals surface area contributed by atoms with Crippen LogP contribution in [0.3, 0.4) is 0 Å². The molecule has 1 heterocycles. The average molecular weight is 284 g/mol. The number of ether oxygens (including phenoxy) is 2. The first-order valence-electron chi connectivity index (χ1n) is 6.09. The molecular weight excluding hydrogens is 267 g/mol. The van der Waals surface area contributed by atoms with Gasteiger partial charge in [-0.2, -0.15) is 0 Å². The standard InChI is InChI=1S/C13H17FN2O2S/c1-9-7-12-11(8-10(9)14)15-13(19)16(12)3-4-18-6-5-17-2/h7-8H,3-6H2,1-2H3,(H,15,19). The van der Waals surface area contributed by atoms with Crippen LogP contribution in [-0.2, 0) is 16.0 Å². The van der Waals surface area contributed by atoms with Gasteiger partial charge in [-0.1, -0.05) is 0 Å². The number of fused-ring (bicyclic) bond motifs is 1. The van der Waals surface area contributed by atoms with Crippen molar-refractivity contribution in [3.63, 3.8) is 0 Å². The number of aromatic amines is 1. The Hall–Kier alpha value is -1.24. The van der Waals surface area contributed by atoms with Crippen LogP contribution < -0.4 is 0 Å². The van der Waals surface area contributed by atoms with Crippen LogP contribution in [0.2, 0.25) is 0 Å². The van der Waals surface area contributed by atoms with E-state index in [0.29, 0.717) is 42.2 Å². The SMILES string of the molecule is COCCOCCn1c(=S)[nH]c2cc(F)c(C)cc21. The Balaban J connectivity index is 2.16. The van der Waals surface area contributed by atoms with Gasteiger partial charge in [0, 0.05) is 13.7 Å². The van der Waals surface area contributed by atoms with Crippen molar-refractivity contribution in [1.29, 1.82) is 0 Å². The minimum absolute atomic E-state index is 0.229. The van der Waals surface area contributed by atoms with Gasteiger partial charge in [0.15, 0.2) is 4.77 Å². The van der Waals surface area contributed by atoms with Crippen molar-refractivity contribution in [2.45, 2.75) is 13.5 Å². The van der Waals surface area contributed by atoms with E-state index in [-0.39, 0.29) is 5.82 Å². The zero-order valence-corrected chi connectivity index (χ0v) is 11.8. The molecule has 1 aromatic carbocycles. The molecule has 1 aromatic heterocycles. The first-order valence-corrected chi connectivity index (χ1v) is 6.49. The van der Waals surface area contributed by atoms with Crippen LogP contribution in [0.25, 0.3) is 11.0 Å². The van der Waals surface area contributed by atoms with Crippen LogP contribution >= 0.6 is 12.2 Å². The highest BCUT2D eigenvalue weighted by atomic mass is 32.1. The van der Waals surface area contributed by atoms with E-state index in [1.54, 1.807) is 20.1 Å². The maximum absolute atomic E-state index is 13.5. The molecule has 0 fully saturated rings. The molecule has 19 heavy (non-hydrogen) atoms. The molecule has 0 amide bonds. The lowest BCUT2D eigenvalue weighted by molar-refractivity contribution is 0.0668. The number of H-pyrrole nitrogens is 1. The lowest BCUT2D eigenvalue weighted by Crippen LogP contribution is -2.09. The molecule has 0 aliphatic heterocycles. The van der Waals surface area contributed by atoms with Crippen molar-refractivity contribution in [3.8, 4) is 0 Å². The Morgan fingerprint density at radius 2 is 2.11 bits per heavy atom. The van der Waals surface area contributed by atoms with Crippen LogP contribution in [0.4, 0.5) is 4.39 Å². The van der Waals surface area contributed by atoms with Crippen molar-refractivity contribution in [2.75, 3.05) is 26.9 Å². The number of halogens is 1. The fourth-order valence-electron chi connectivity index (χ4n) is 1.90. The normalized spacial score (nSPS) is 11.3. The predicted octanol–water partition coefficient (Wildman–Crippen LogP) is 2.81. The van der Waals surface area contributed by atoms with E-state index in [4.69, 9.17) is 21.7 Å². The summed E-state index contributed by atoms with van der Waals surface area (Å²) in [5.41, 5.74) is 2.22. The number of nitrogens with zero attached hydrogens (tertiary/aromatic N) is 1. The number of methoxy groups -OCH3 is 1. The van der Waals surface area contributed by atoms with Crippen LogP contribution in [0.15, 0.2) is 12.1 Å². The third-order valence-electron chi connectivity index (χ3n) is 2.95. The molecule has 0 radical (unpaired) electrons. The fourth-order valence-corrected chi connectivity index (χ4v) is 2.20. The molecule has 0 bridgehead atoms. The maximum Gasteiger partial charge on any atom is 0.178 e. The number of hydrogen-bond acceptors (Lipinski definition) is 3. The molecule has 6 heteroatoms. The van der Waals surface area contributed by atoms with Gasteiger partial charge in [0.25, 0.3) is 0 Å². The molecular formula is C13H17FN2O2S. The Morgan fingerprint density at radius 3 is 2.84 bits per heavy atom. The van der Waals surface area contributed by atoms with Gasteiger partial charge in [-0.15, -0.1) is 0 Å². The molecule has 0 aliphatic rings. The summed E-state index contributed by atoms with van der Waals surface area (Å²) >= 11 is 5.25. The van der Waals surface area contributed by atoms with Crippen molar-refractivity contribution in [2.24, 2.45) is 0 Å². The predicted molar refractivity (Wildman–Crippen MR) is 74.5 cm³/mol. The smallest absolute Gasteiger partial charge is 0.178 e. The summed E-state index contributed by atoms with van der Waals surface area (Å²) in [5.74, 6) is -0.229. The van der Waals surface area contributed by atoms with Crippen molar-refractivity contribution in [1.82, 2.24) is 9.55 Å². The van der Waals surface area contributed by atoms with Gasteiger partial charge in [-0.05, 0) is 36.8 Å². The number of aryl methyl sites for hydroxylation is 1. The first kappa shape index (κ1) is 14.2. The van der Waals surface area contributed by atoms with E-state index >= 15 is 0 Å². The number of rotatable bonds is 6. The second-order valence-electron chi connectivity index (χ2n) is 4.31. The number of benzene rings is 1. The third kappa shape index (κ3) is 3.20. The Morgan fingerprint density at radius 1 is 1.32 bits per heavy atom. The second-order valence-corrected chi connectivity index (χ2v) is 4.69. The Bertz CT molecular complexity index is 621. The minimum atomic E-state index is -0.229. The molecule has 0 saturated carbocycles. The van der Waals surface area contributed by atoms with E-state index in [2.05, 4.69) is 4.98 Å². The molecule has 0 spiro atoms. The summed E-state index contributed by atoms with van der Waals surface area (Å²) in [4.78, 5) is 3.00. The van der Waals surface area contributed by atoms with E-state index in [1.165, 1.54) is 6.07 Å². The molecule has 2 rings (SSSR count). The summed E-state index contributed by atoms with van der Waals surface area (Å²) in [7, 11) is 1.64. The monoisotopic (exact) mass is 284 g/mol. The van der Waals surface area contributed by atoms with E-state index in [0.717, 1.165) is 5.52 Å². The Kier molecular flexibility index (Phi) is 4.68.